The van der Waals surface area contributed by atoms with Crippen LogP contribution in [0.4, 0.5) is 18.9 Å². The molecule has 2 heterocycles. The van der Waals surface area contributed by atoms with Crippen LogP contribution in [0.3, 0.4) is 0 Å². The summed E-state index contributed by atoms with van der Waals surface area (Å²) < 4.78 is 41.6. The number of hydrogen-bond acceptors (Lipinski definition) is 6. The van der Waals surface area contributed by atoms with Gasteiger partial charge in [0.15, 0.2) is 0 Å². The fraction of sp³-hybridized carbons (Fsp3) is 0.393. The summed E-state index contributed by atoms with van der Waals surface area (Å²) in [6.07, 6.45) is 1.41. The minimum absolute atomic E-state index is 0.0213. The number of benzene rings is 2. The van der Waals surface area contributed by atoms with Crippen LogP contribution in [0, 0.1) is 16.9 Å². The Labute approximate surface area is 234 Å². The number of nitrogens with one attached hydrogen (secondary N) is 1. The first kappa shape index (κ1) is 28.1. The van der Waals surface area contributed by atoms with E-state index in [4.69, 9.17) is 11.6 Å². The predicted octanol–water partition coefficient (Wildman–Crippen LogP) is 5.21. The van der Waals surface area contributed by atoms with Crippen molar-refractivity contribution in [2.45, 2.75) is 56.8 Å². The van der Waals surface area contributed by atoms with Crippen LogP contribution in [0.5, 0.6) is 0 Å². The summed E-state index contributed by atoms with van der Waals surface area (Å²) in [5.41, 5.74) is 0.690. The average Bonchev–Trinajstić information content (AvgIpc) is 3.27. The Morgan fingerprint density at radius 2 is 1.98 bits per heavy atom. The number of halogens is 4. The van der Waals surface area contributed by atoms with E-state index in [-0.39, 0.29) is 40.9 Å². The van der Waals surface area contributed by atoms with Gasteiger partial charge < -0.3 is 10.5 Å². The van der Waals surface area contributed by atoms with Gasteiger partial charge in [0.25, 0.3) is 5.92 Å². The molecule has 3 atom stereocenters. The van der Waals surface area contributed by atoms with Crippen LogP contribution in [0.25, 0.3) is 0 Å². The van der Waals surface area contributed by atoms with E-state index in [0.29, 0.717) is 17.4 Å². The second-order valence-electron chi connectivity index (χ2n) is 10.4. The van der Waals surface area contributed by atoms with Crippen LogP contribution in [0.1, 0.15) is 44.2 Å². The van der Waals surface area contributed by atoms with Gasteiger partial charge >= 0.3 is 0 Å². The van der Waals surface area contributed by atoms with E-state index in [1.807, 2.05) is 13.0 Å². The number of dihydropyridines is 1. The van der Waals surface area contributed by atoms with Crippen molar-refractivity contribution in [1.29, 1.82) is 0 Å². The zero-order valence-electron chi connectivity index (χ0n) is 21.6. The number of carbonyl (C=O) groups is 2. The number of anilines is 1. The number of allylic oxidation sites excluding steroid dienone is 1. The number of hydroxylamine groups is 1. The molecule has 2 aliphatic heterocycles. The zero-order chi connectivity index (χ0) is 28.6. The number of likely N-dealkylation sites (tertiary alicyclic amines) is 1. The summed E-state index contributed by atoms with van der Waals surface area (Å²) in [6, 6.07) is 9.17. The lowest BCUT2D eigenvalue weighted by Crippen LogP contribution is -2.58. The quantitative estimate of drug-likeness (QED) is 0.437. The molecule has 2 fully saturated rings. The molecule has 8 nitrogen and oxygen atoms in total. The van der Waals surface area contributed by atoms with Gasteiger partial charge in [-0.1, -0.05) is 48.9 Å². The molecular weight excluding hydrogens is 547 g/mol. The maximum Gasteiger partial charge on any atom is 0.252 e. The predicted molar refractivity (Wildman–Crippen MR) is 145 cm³/mol. The van der Waals surface area contributed by atoms with Gasteiger partial charge in [0, 0.05) is 48.6 Å². The maximum absolute atomic E-state index is 14.5. The fourth-order valence-corrected chi connectivity index (χ4v) is 5.54. The molecule has 0 bridgehead atoms. The van der Waals surface area contributed by atoms with E-state index in [2.05, 4.69) is 10.3 Å². The lowest BCUT2D eigenvalue weighted by molar-refractivity contribution is -0.131. The van der Waals surface area contributed by atoms with E-state index in [9.17, 15) is 28.0 Å². The number of rotatable bonds is 8. The van der Waals surface area contributed by atoms with Gasteiger partial charge in [-0.2, -0.15) is 0 Å². The highest BCUT2D eigenvalue weighted by atomic mass is 35.5. The van der Waals surface area contributed by atoms with E-state index < -0.39 is 48.7 Å². The van der Waals surface area contributed by atoms with Crippen LogP contribution in [-0.4, -0.2) is 52.8 Å². The van der Waals surface area contributed by atoms with Crippen molar-refractivity contribution in [1.82, 2.24) is 15.4 Å². The molecule has 0 aromatic heterocycles. The normalized spacial score (nSPS) is 23.1. The van der Waals surface area contributed by atoms with Gasteiger partial charge in [-0.05, 0) is 36.6 Å². The van der Waals surface area contributed by atoms with Crippen molar-refractivity contribution >= 4 is 35.3 Å². The summed E-state index contributed by atoms with van der Waals surface area (Å²) >= 11 is 6.50. The second kappa shape index (κ2) is 11.2. The Morgan fingerprint density at radius 3 is 2.65 bits per heavy atom. The van der Waals surface area contributed by atoms with Crippen LogP contribution in [0.2, 0.25) is 5.02 Å². The van der Waals surface area contributed by atoms with Gasteiger partial charge in [-0.15, -0.1) is 0 Å². The minimum atomic E-state index is -2.89. The Hall–Kier alpha value is -3.41. The first-order chi connectivity index (χ1) is 19.0. The standard InChI is InChI=1S/C28H28ClF3N5O3/c1-17-11-21(16-33-15-17)35-24(9-10-25(35)38)37(40)36(20-6-4-5-18(30)12-20)26(22-7-2-3-8-23(22)29)27(39)34-19-13-28(31,32)14-19/h2-8,11-12,16-17,19,24,26H,9-10,13-15H2,1H3,(H,34,39)/q-1/t17?,24-,26?/m1/s1. The Balaban J connectivity index is 1.58. The number of hydrazine groups is 1. The van der Waals surface area contributed by atoms with E-state index in [0.717, 1.165) is 11.1 Å². The number of alkyl halides is 2. The van der Waals surface area contributed by atoms with Crippen molar-refractivity contribution in [3.05, 3.63) is 81.9 Å². The molecule has 40 heavy (non-hydrogen) atoms. The van der Waals surface area contributed by atoms with E-state index in [1.54, 1.807) is 12.1 Å². The third-order valence-electron chi connectivity index (χ3n) is 7.20. The molecule has 1 saturated heterocycles. The van der Waals surface area contributed by atoms with Gasteiger partial charge in [0.05, 0.1) is 17.6 Å². The lowest BCUT2D eigenvalue weighted by Gasteiger charge is -2.51. The SMILES string of the molecule is CC1C=C(N2C(=O)CC[C@H]2N([O-])N(c2cccc(F)c2)C(C(=O)NC2CC(F)(F)C2)c2ccccc2Cl)C=NC1. The highest BCUT2D eigenvalue weighted by Crippen LogP contribution is 2.40. The molecule has 0 radical (unpaired) electrons. The van der Waals surface area contributed by atoms with Crippen LogP contribution in [-0.2, 0) is 9.59 Å². The molecule has 12 heteroatoms. The number of hydrogen-bond donors (Lipinski definition) is 1. The highest BCUT2D eigenvalue weighted by molar-refractivity contribution is 6.31. The van der Waals surface area contributed by atoms with Gasteiger partial charge in [-0.3, -0.25) is 29.7 Å². The smallest absolute Gasteiger partial charge is 0.252 e. The molecule has 2 unspecified atom stereocenters. The van der Waals surface area contributed by atoms with Gasteiger partial charge in [-0.25, -0.2) is 13.2 Å². The molecule has 5 rings (SSSR count). The first-order valence-electron chi connectivity index (χ1n) is 13.0. The number of carbonyl (C=O) groups excluding carboxylic acids is 2. The molecule has 2 aromatic carbocycles. The van der Waals surface area contributed by atoms with Crippen LogP contribution < -0.4 is 10.3 Å². The Kier molecular flexibility index (Phi) is 7.89. The van der Waals surface area contributed by atoms with Crippen molar-refractivity contribution in [3.8, 4) is 0 Å². The Morgan fingerprint density at radius 1 is 1.23 bits per heavy atom. The van der Waals surface area contributed by atoms with Crippen LogP contribution >= 0.6 is 11.6 Å². The van der Waals surface area contributed by atoms with Crippen molar-refractivity contribution in [2.75, 3.05) is 11.6 Å². The molecule has 1 saturated carbocycles. The monoisotopic (exact) mass is 574 g/mol. The third-order valence-corrected chi connectivity index (χ3v) is 7.55. The lowest BCUT2D eigenvalue weighted by atomic mass is 9.88. The van der Waals surface area contributed by atoms with E-state index in [1.165, 1.54) is 41.4 Å². The molecule has 1 aliphatic carbocycles. The second-order valence-corrected chi connectivity index (χ2v) is 10.8. The largest absolute Gasteiger partial charge is 0.766 e. The summed E-state index contributed by atoms with van der Waals surface area (Å²) in [4.78, 5) is 32.4. The van der Waals surface area contributed by atoms with E-state index >= 15 is 0 Å². The average molecular weight is 575 g/mol. The fourth-order valence-electron chi connectivity index (χ4n) is 5.30. The summed E-state index contributed by atoms with van der Waals surface area (Å²) in [6.45, 7) is 2.48. The minimum Gasteiger partial charge on any atom is -0.766 e. The molecule has 0 spiro atoms. The number of aliphatic imine (C=N–C) groups is 1. The molecule has 2 aromatic rings. The number of amides is 2. The summed E-state index contributed by atoms with van der Waals surface area (Å²) in [7, 11) is 0. The first-order valence-corrected chi connectivity index (χ1v) is 13.4. The third kappa shape index (κ3) is 5.72. The molecule has 2 amide bonds. The van der Waals surface area contributed by atoms with Gasteiger partial charge in [0.2, 0.25) is 11.8 Å². The van der Waals surface area contributed by atoms with Crippen molar-refractivity contribution < 1.29 is 22.8 Å². The summed E-state index contributed by atoms with van der Waals surface area (Å²) in [5.74, 6) is -4.57. The van der Waals surface area contributed by atoms with Gasteiger partial charge in [0.1, 0.15) is 11.9 Å². The molecule has 1 N–H and O–H groups in total. The maximum atomic E-state index is 14.5. The number of nitrogens with zero attached hydrogens (tertiary/aromatic N) is 4. The molecule has 212 valence electrons. The van der Waals surface area contributed by atoms with Crippen molar-refractivity contribution in [2.24, 2.45) is 10.9 Å². The van der Waals surface area contributed by atoms with Crippen molar-refractivity contribution in [3.63, 3.8) is 0 Å². The topological polar surface area (TPSA) is 91.3 Å². The Bertz CT molecular complexity index is 1350. The highest BCUT2D eigenvalue weighted by Gasteiger charge is 2.47. The van der Waals surface area contributed by atoms with Crippen LogP contribution in [0.15, 0.2) is 65.3 Å². The molecular formula is C28H28ClF3N5O3-. The molecule has 3 aliphatic rings. The summed E-state index contributed by atoms with van der Waals surface area (Å²) in [5, 5.41) is 18.6. The zero-order valence-corrected chi connectivity index (χ0v) is 22.4.